The lowest BCUT2D eigenvalue weighted by atomic mass is 9.77. The summed E-state index contributed by atoms with van der Waals surface area (Å²) in [5, 5.41) is 9.88. The Morgan fingerprint density at radius 1 is 1.45 bits per heavy atom. The summed E-state index contributed by atoms with van der Waals surface area (Å²) < 4.78 is 27.6. The van der Waals surface area contributed by atoms with Crippen LogP contribution in [0.5, 0.6) is 0 Å². The Morgan fingerprint density at radius 3 is 2.60 bits per heavy atom. The van der Waals surface area contributed by atoms with Gasteiger partial charge in [0.15, 0.2) is 0 Å². The Morgan fingerprint density at radius 2 is 2.10 bits per heavy atom. The molecule has 0 amide bonds. The summed E-state index contributed by atoms with van der Waals surface area (Å²) in [7, 11) is -3.55. The van der Waals surface area contributed by atoms with Crippen LogP contribution < -0.4 is 4.72 Å². The van der Waals surface area contributed by atoms with E-state index in [1.165, 1.54) is 6.07 Å². The average molecular weight is 318 g/mol. The standard InChI is InChI=1S/C14H20ClNO3S/c1-3-13(10-7-12(17)8-10)16-20(18,19)14-5-4-11(15)6-9(14)2/h4-6,10,12-13,16-17H,3,7-8H2,1-2H3/t10?,12?,13-/m0/s1. The molecule has 2 rings (SSSR count). The van der Waals surface area contributed by atoms with E-state index in [9.17, 15) is 13.5 Å². The molecule has 4 nitrogen and oxygen atoms in total. The van der Waals surface area contributed by atoms with Gasteiger partial charge in [-0.3, -0.25) is 0 Å². The molecule has 1 atom stereocenters. The summed E-state index contributed by atoms with van der Waals surface area (Å²) in [6.45, 7) is 3.68. The minimum Gasteiger partial charge on any atom is -0.393 e. The second kappa shape index (κ2) is 6.02. The van der Waals surface area contributed by atoms with Crippen LogP contribution in [0.15, 0.2) is 23.1 Å². The van der Waals surface area contributed by atoms with Crippen LogP contribution in [0, 0.1) is 12.8 Å². The lowest BCUT2D eigenvalue weighted by Crippen LogP contribution is -2.46. The van der Waals surface area contributed by atoms with Gasteiger partial charge in [-0.25, -0.2) is 13.1 Å². The van der Waals surface area contributed by atoms with E-state index in [-0.39, 0.29) is 23.0 Å². The number of hydrogen-bond donors (Lipinski definition) is 2. The first-order valence-corrected chi connectivity index (χ1v) is 8.66. The van der Waals surface area contributed by atoms with Gasteiger partial charge in [0.25, 0.3) is 0 Å². The lowest BCUT2D eigenvalue weighted by molar-refractivity contribution is 0.0277. The monoisotopic (exact) mass is 317 g/mol. The van der Waals surface area contributed by atoms with E-state index >= 15 is 0 Å². The zero-order chi connectivity index (χ0) is 14.9. The molecule has 2 N–H and O–H groups in total. The SMILES string of the molecule is CC[C@H](NS(=O)(=O)c1ccc(Cl)cc1C)C1CC(O)C1. The van der Waals surface area contributed by atoms with E-state index in [2.05, 4.69) is 4.72 Å². The highest BCUT2D eigenvalue weighted by molar-refractivity contribution is 7.89. The summed E-state index contributed by atoms with van der Waals surface area (Å²) in [5.74, 6) is 0.220. The van der Waals surface area contributed by atoms with Gasteiger partial charge in [-0.05, 0) is 55.9 Å². The van der Waals surface area contributed by atoms with Crippen LogP contribution in [0.3, 0.4) is 0 Å². The summed E-state index contributed by atoms with van der Waals surface area (Å²) in [6, 6.07) is 4.63. The maximum absolute atomic E-state index is 12.4. The van der Waals surface area contributed by atoms with Gasteiger partial charge in [0.1, 0.15) is 0 Å². The number of aliphatic hydroxyl groups is 1. The molecular formula is C14H20ClNO3S. The van der Waals surface area contributed by atoms with E-state index in [0.717, 1.165) is 0 Å². The summed E-state index contributed by atoms with van der Waals surface area (Å²) in [4.78, 5) is 0.264. The van der Waals surface area contributed by atoms with Crippen molar-refractivity contribution in [3.8, 4) is 0 Å². The summed E-state index contributed by atoms with van der Waals surface area (Å²) in [5.41, 5.74) is 0.633. The maximum Gasteiger partial charge on any atom is 0.241 e. The van der Waals surface area contributed by atoms with Crippen molar-refractivity contribution in [3.63, 3.8) is 0 Å². The minimum absolute atomic E-state index is 0.126. The topological polar surface area (TPSA) is 66.4 Å². The summed E-state index contributed by atoms with van der Waals surface area (Å²) in [6.07, 6.45) is 1.76. The van der Waals surface area contributed by atoms with Gasteiger partial charge >= 0.3 is 0 Å². The van der Waals surface area contributed by atoms with Gasteiger partial charge in [-0.1, -0.05) is 18.5 Å². The van der Waals surface area contributed by atoms with E-state index < -0.39 is 10.0 Å². The molecular weight excluding hydrogens is 298 g/mol. The first-order valence-electron chi connectivity index (χ1n) is 6.80. The third-order valence-electron chi connectivity index (χ3n) is 3.89. The molecule has 1 aromatic carbocycles. The van der Waals surface area contributed by atoms with Gasteiger partial charge in [0.2, 0.25) is 10.0 Å². The Bertz CT molecular complexity index is 582. The van der Waals surface area contributed by atoms with Crippen molar-refractivity contribution < 1.29 is 13.5 Å². The van der Waals surface area contributed by atoms with Crippen LogP contribution in [-0.4, -0.2) is 25.7 Å². The number of nitrogens with one attached hydrogen (secondary N) is 1. The van der Waals surface area contributed by atoms with E-state index in [1.807, 2.05) is 6.92 Å². The quantitative estimate of drug-likeness (QED) is 0.876. The highest BCUT2D eigenvalue weighted by atomic mass is 35.5. The molecule has 0 aliphatic heterocycles. The molecule has 1 aliphatic carbocycles. The van der Waals surface area contributed by atoms with Gasteiger partial charge in [0.05, 0.1) is 11.0 Å². The molecule has 0 heterocycles. The minimum atomic E-state index is -3.55. The van der Waals surface area contributed by atoms with Crippen molar-refractivity contribution >= 4 is 21.6 Å². The molecule has 0 spiro atoms. The molecule has 1 aromatic rings. The molecule has 0 radical (unpaired) electrons. The number of halogens is 1. The number of benzene rings is 1. The van der Waals surface area contributed by atoms with E-state index in [0.29, 0.717) is 29.8 Å². The van der Waals surface area contributed by atoms with Crippen LogP contribution in [0.1, 0.15) is 31.7 Å². The Labute approximate surface area is 125 Å². The number of sulfonamides is 1. The zero-order valence-corrected chi connectivity index (χ0v) is 13.2. The lowest BCUT2D eigenvalue weighted by Gasteiger charge is -2.37. The molecule has 0 bridgehead atoms. The van der Waals surface area contributed by atoms with Gasteiger partial charge < -0.3 is 5.11 Å². The first kappa shape index (κ1) is 15.8. The zero-order valence-electron chi connectivity index (χ0n) is 11.6. The molecule has 1 aliphatic rings. The van der Waals surface area contributed by atoms with Crippen molar-refractivity contribution in [1.29, 1.82) is 0 Å². The van der Waals surface area contributed by atoms with Crippen LogP contribution in [0.25, 0.3) is 0 Å². The van der Waals surface area contributed by atoms with Crippen LogP contribution >= 0.6 is 11.6 Å². The predicted octanol–water partition coefficient (Wildman–Crippen LogP) is 2.48. The fourth-order valence-corrected chi connectivity index (χ4v) is 4.49. The fraction of sp³-hybridized carbons (Fsp3) is 0.571. The molecule has 112 valence electrons. The Kier molecular flexibility index (Phi) is 4.74. The van der Waals surface area contributed by atoms with Crippen molar-refractivity contribution in [2.75, 3.05) is 0 Å². The maximum atomic E-state index is 12.4. The third kappa shape index (κ3) is 3.34. The molecule has 20 heavy (non-hydrogen) atoms. The predicted molar refractivity (Wildman–Crippen MR) is 79.3 cm³/mol. The van der Waals surface area contributed by atoms with Crippen LogP contribution in [-0.2, 0) is 10.0 Å². The molecule has 1 saturated carbocycles. The highest BCUT2D eigenvalue weighted by Crippen LogP contribution is 2.32. The van der Waals surface area contributed by atoms with Crippen molar-refractivity contribution in [2.45, 2.75) is 50.2 Å². The van der Waals surface area contributed by atoms with Gasteiger partial charge in [-0.15, -0.1) is 0 Å². The van der Waals surface area contributed by atoms with Crippen LogP contribution in [0.4, 0.5) is 0 Å². The molecule has 6 heteroatoms. The highest BCUT2D eigenvalue weighted by Gasteiger charge is 2.35. The molecule has 1 fully saturated rings. The first-order chi connectivity index (χ1) is 9.33. The Hall–Kier alpha value is -0.620. The summed E-state index contributed by atoms with van der Waals surface area (Å²) >= 11 is 5.86. The average Bonchev–Trinajstić information content (AvgIpc) is 2.32. The number of rotatable bonds is 5. The van der Waals surface area contributed by atoms with E-state index in [1.54, 1.807) is 19.1 Å². The van der Waals surface area contributed by atoms with Crippen molar-refractivity contribution in [2.24, 2.45) is 5.92 Å². The van der Waals surface area contributed by atoms with Crippen LogP contribution in [0.2, 0.25) is 5.02 Å². The molecule has 0 aromatic heterocycles. The number of aliphatic hydroxyl groups excluding tert-OH is 1. The van der Waals surface area contributed by atoms with E-state index in [4.69, 9.17) is 11.6 Å². The largest absolute Gasteiger partial charge is 0.393 e. The molecule has 0 unspecified atom stereocenters. The second-order valence-electron chi connectivity index (χ2n) is 5.43. The van der Waals surface area contributed by atoms with Gasteiger partial charge in [0, 0.05) is 11.1 Å². The third-order valence-corrected chi connectivity index (χ3v) is 5.78. The fourth-order valence-electron chi connectivity index (χ4n) is 2.65. The smallest absolute Gasteiger partial charge is 0.241 e. The number of hydrogen-bond acceptors (Lipinski definition) is 3. The van der Waals surface area contributed by atoms with Crippen molar-refractivity contribution in [1.82, 2.24) is 4.72 Å². The molecule has 0 saturated heterocycles. The second-order valence-corrected chi connectivity index (χ2v) is 7.55. The number of aryl methyl sites for hydroxylation is 1. The van der Waals surface area contributed by atoms with Crippen molar-refractivity contribution in [3.05, 3.63) is 28.8 Å². The normalized spacial score (nSPS) is 24.2. The van der Waals surface area contributed by atoms with Gasteiger partial charge in [-0.2, -0.15) is 0 Å². The Balaban J connectivity index is 2.17.